The molecule has 1 aliphatic rings. The maximum Gasteiger partial charge on any atom is 0.229 e. The van der Waals surface area contributed by atoms with Gasteiger partial charge in [0.25, 0.3) is 0 Å². The van der Waals surface area contributed by atoms with Gasteiger partial charge in [-0.3, -0.25) is 9.59 Å². The van der Waals surface area contributed by atoms with Crippen molar-refractivity contribution in [1.82, 2.24) is 0 Å². The van der Waals surface area contributed by atoms with Crippen LogP contribution in [0.15, 0.2) is 36.4 Å². The molecule has 25 heavy (non-hydrogen) atoms. The molecule has 130 valence electrons. The smallest absolute Gasteiger partial charge is 0.229 e. The summed E-state index contributed by atoms with van der Waals surface area (Å²) < 4.78 is 0. The highest BCUT2D eigenvalue weighted by atomic mass is 35.5. The van der Waals surface area contributed by atoms with Crippen LogP contribution in [0.1, 0.15) is 12.0 Å². The molecule has 0 aromatic heterocycles. The number of hydrogen-bond acceptors (Lipinski definition) is 2. The molecular weight excluding hydrogens is 383 g/mol. The first-order valence-electron chi connectivity index (χ1n) is 7.67. The van der Waals surface area contributed by atoms with Crippen LogP contribution in [0.4, 0.5) is 11.4 Å². The zero-order valence-electron chi connectivity index (χ0n) is 13.4. The average Bonchev–Trinajstić information content (AvgIpc) is 2.95. The van der Waals surface area contributed by atoms with E-state index in [-0.39, 0.29) is 18.2 Å². The van der Waals surface area contributed by atoms with E-state index in [2.05, 4.69) is 5.32 Å². The van der Waals surface area contributed by atoms with Crippen molar-refractivity contribution in [3.05, 3.63) is 57.0 Å². The van der Waals surface area contributed by atoms with Crippen molar-refractivity contribution in [3.63, 3.8) is 0 Å². The Kier molecular flexibility index (Phi) is 5.23. The van der Waals surface area contributed by atoms with E-state index >= 15 is 0 Å². The molecule has 7 heteroatoms. The number of hydrogen-bond donors (Lipinski definition) is 1. The van der Waals surface area contributed by atoms with Crippen LogP contribution in [0.25, 0.3) is 0 Å². The summed E-state index contributed by atoms with van der Waals surface area (Å²) in [5.74, 6) is -0.820. The number of nitrogens with zero attached hydrogens (tertiary/aromatic N) is 1. The summed E-state index contributed by atoms with van der Waals surface area (Å²) in [5, 5.41) is 4.19. The Morgan fingerprint density at radius 3 is 2.56 bits per heavy atom. The molecule has 1 unspecified atom stereocenters. The quantitative estimate of drug-likeness (QED) is 0.797. The maximum absolute atomic E-state index is 12.5. The number of anilines is 2. The first-order valence-corrected chi connectivity index (χ1v) is 8.81. The number of aryl methyl sites for hydroxylation is 1. The van der Waals surface area contributed by atoms with Gasteiger partial charge in [-0.25, -0.2) is 0 Å². The Morgan fingerprint density at radius 1 is 1.12 bits per heavy atom. The molecule has 0 bridgehead atoms. The predicted molar refractivity (Wildman–Crippen MR) is 102 cm³/mol. The summed E-state index contributed by atoms with van der Waals surface area (Å²) in [6.07, 6.45) is 0.141. The fourth-order valence-corrected chi connectivity index (χ4v) is 3.34. The molecular formula is C18H15Cl3N2O2. The van der Waals surface area contributed by atoms with Gasteiger partial charge in [-0.2, -0.15) is 0 Å². The normalized spacial score (nSPS) is 17.0. The van der Waals surface area contributed by atoms with Crippen molar-refractivity contribution in [1.29, 1.82) is 0 Å². The lowest BCUT2D eigenvalue weighted by molar-refractivity contribution is -0.122. The summed E-state index contributed by atoms with van der Waals surface area (Å²) >= 11 is 18.1. The van der Waals surface area contributed by atoms with Crippen molar-refractivity contribution in [2.24, 2.45) is 5.92 Å². The van der Waals surface area contributed by atoms with Gasteiger partial charge < -0.3 is 10.2 Å². The summed E-state index contributed by atoms with van der Waals surface area (Å²) in [5.41, 5.74) is 2.10. The molecule has 0 radical (unpaired) electrons. The fourth-order valence-electron chi connectivity index (χ4n) is 2.71. The van der Waals surface area contributed by atoms with Gasteiger partial charge in [-0.1, -0.05) is 40.9 Å². The van der Waals surface area contributed by atoms with Crippen LogP contribution in [0.3, 0.4) is 0 Å². The molecule has 1 saturated heterocycles. The molecule has 3 rings (SSSR count). The van der Waals surface area contributed by atoms with E-state index in [9.17, 15) is 9.59 Å². The highest BCUT2D eigenvalue weighted by Gasteiger charge is 2.35. The lowest BCUT2D eigenvalue weighted by atomic mass is 10.1. The zero-order valence-corrected chi connectivity index (χ0v) is 15.6. The molecule has 1 fully saturated rings. The molecule has 2 amide bonds. The monoisotopic (exact) mass is 396 g/mol. The minimum absolute atomic E-state index is 0.109. The molecule has 1 heterocycles. The minimum Gasteiger partial charge on any atom is -0.324 e. The second kappa shape index (κ2) is 7.24. The lowest BCUT2D eigenvalue weighted by Crippen LogP contribution is -2.28. The Hall–Kier alpha value is -1.75. The van der Waals surface area contributed by atoms with Crippen LogP contribution in [0.5, 0.6) is 0 Å². The first-order chi connectivity index (χ1) is 11.8. The average molecular weight is 398 g/mol. The number of benzene rings is 2. The third-order valence-electron chi connectivity index (χ3n) is 4.15. The van der Waals surface area contributed by atoms with Gasteiger partial charge in [0.2, 0.25) is 11.8 Å². The van der Waals surface area contributed by atoms with Crippen molar-refractivity contribution >= 4 is 58.0 Å². The van der Waals surface area contributed by atoms with Crippen LogP contribution in [-0.4, -0.2) is 18.4 Å². The molecule has 1 atom stereocenters. The van der Waals surface area contributed by atoms with Crippen LogP contribution < -0.4 is 10.2 Å². The number of amides is 2. The molecule has 1 aliphatic heterocycles. The predicted octanol–water partition coefficient (Wildman–Crippen LogP) is 4.95. The van der Waals surface area contributed by atoms with E-state index in [0.717, 1.165) is 5.56 Å². The van der Waals surface area contributed by atoms with Crippen LogP contribution >= 0.6 is 34.8 Å². The standard InChI is InChI=1S/C18H15Cl3N2O2/c1-10-2-4-13(8-14(10)20)23-9-11(6-17(23)24)18(25)22-16-5-3-12(19)7-15(16)21/h2-5,7-8,11H,6,9H2,1H3,(H,22,25). The number of rotatable bonds is 3. The van der Waals surface area contributed by atoms with Crippen molar-refractivity contribution in [2.45, 2.75) is 13.3 Å². The number of carbonyl (C=O) groups excluding carboxylic acids is 2. The van der Waals surface area contributed by atoms with Gasteiger partial charge in [-0.05, 0) is 42.8 Å². The molecule has 0 spiro atoms. The van der Waals surface area contributed by atoms with Crippen LogP contribution in [0.2, 0.25) is 15.1 Å². The second-order valence-electron chi connectivity index (χ2n) is 5.95. The van der Waals surface area contributed by atoms with Gasteiger partial charge in [-0.15, -0.1) is 0 Å². The minimum atomic E-state index is -0.459. The zero-order chi connectivity index (χ0) is 18.1. The topological polar surface area (TPSA) is 49.4 Å². The summed E-state index contributed by atoms with van der Waals surface area (Å²) in [6.45, 7) is 2.19. The van der Waals surface area contributed by atoms with Gasteiger partial charge in [0.15, 0.2) is 0 Å². The molecule has 0 saturated carbocycles. The third-order valence-corrected chi connectivity index (χ3v) is 5.11. The van der Waals surface area contributed by atoms with E-state index in [1.165, 1.54) is 0 Å². The Labute approximate surface area is 160 Å². The summed E-state index contributed by atoms with van der Waals surface area (Å²) in [7, 11) is 0. The summed E-state index contributed by atoms with van der Waals surface area (Å²) in [4.78, 5) is 26.4. The van der Waals surface area contributed by atoms with Crippen LogP contribution in [-0.2, 0) is 9.59 Å². The highest BCUT2D eigenvalue weighted by Crippen LogP contribution is 2.30. The van der Waals surface area contributed by atoms with Gasteiger partial charge >= 0.3 is 0 Å². The lowest BCUT2D eigenvalue weighted by Gasteiger charge is -2.17. The van der Waals surface area contributed by atoms with E-state index in [1.54, 1.807) is 29.2 Å². The maximum atomic E-state index is 12.5. The first kappa shape index (κ1) is 18.1. The van der Waals surface area contributed by atoms with E-state index in [1.807, 2.05) is 19.1 Å². The molecule has 0 aliphatic carbocycles. The molecule has 4 nitrogen and oxygen atoms in total. The van der Waals surface area contributed by atoms with Gasteiger partial charge in [0.05, 0.1) is 16.6 Å². The Morgan fingerprint density at radius 2 is 1.88 bits per heavy atom. The van der Waals surface area contributed by atoms with Crippen LogP contribution in [0, 0.1) is 12.8 Å². The van der Waals surface area contributed by atoms with Gasteiger partial charge in [0, 0.05) is 28.7 Å². The fraction of sp³-hybridized carbons (Fsp3) is 0.222. The second-order valence-corrected chi connectivity index (χ2v) is 7.20. The molecule has 1 N–H and O–H groups in total. The molecule has 2 aromatic rings. The van der Waals surface area contributed by atoms with E-state index in [0.29, 0.717) is 33.0 Å². The molecule has 2 aromatic carbocycles. The highest BCUT2D eigenvalue weighted by molar-refractivity contribution is 6.36. The van der Waals surface area contributed by atoms with E-state index < -0.39 is 5.92 Å². The number of carbonyl (C=O) groups is 2. The SMILES string of the molecule is Cc1ccc(N2CC(C(=O)Nc3ccc(Cl)cc3Cl)CC2=O)cc1Cl. The van der Waals surface area contributed by atoms with Crippen molar-refractivity contribution < 1.29 is 9.59 Å². The van der Waals surface area contributed by atoms with Gasteiger partial charge in [0.1, 0.15) is 0 Å². The third kappa shape index (κ3) is 3.92. The number of nitrogens with one attached hydrogen (secondary N) is 1. The van der Waals surface area contributed by atoms with Crippen molar-refractivity contribution in [3.8, 4) is 0 Å². The Balaban J connectivity index is 1.73. The van der Waals surface area contributed by atoms with E-state index in [4.69, 9.17) is 34.8 Å². The number of halogens is 3. The summed E-state index contributed by atoms with van der Waals surface area (Å²) in [6, 6.07) is 10.3. The Bertz CT molecular complexity index is 854. The van der Waals surface area contributed by atoms with Crippen molar-refractivity contribution in [2.75, 3.05) is 16.8 Å². The largest absolute Gasteiger partial charge is 0.324 e.